The molecule has 0 spiro atoms. The van der Waals surface area contributed by atoms with Gasteiger partial charge in [0.1, 0.15) is 5.60 Å². The number of rotatable bonds is 5. The maximum atomic E-state index is 11.5. The van der Waals surface area contributed by atoms with Gasteiger partial charge in [-0.25, -0.2) is 0 Å². The molecule has 0 radical (unpaired) electrons. The van der Waals surface area contributed by atoms with Crippen LogP contribution in [0.5, 0.6) is 0 Å². The zero-order valence-corrected chi connectivity index (χ0v) is 14.4. The van der Waals surface area contributed by atoms with Crippen molar-refractivity contribution in [2.45, 2.75) is 59.2 Å². The molecule has 1 aliphatic heterocycles. The van der Waals surface area contributed by atoms with Crippen molar-refractivity contribution in [3.63, 3.8) is 0 Å². The van der Waals surface area contributed by atoms with E-state index in [4.69, 9.17) is 9.84 Å². The quantitative estimate of drug-likeness (QED) is 0.590. The second-order valence-electron chi connectivity index (χ2n) is 6.76. The highest BCUT2D eigenvalue weighted by atomic mass is 16.5. The van der Waals surface area contributed by atoms with Gasteiger partial charge in [0.05, 0.1) is 6.10 Å². The van der Waals surface area contributed by atoms with Crippen LogP contribution in [0.4, 0.5) is 0 Å². The first-order valence-electron chi connectivity index (χ1n) is 7.82. The zero-order chi connectivity index (χ0) is 17.2. The van der Waals surface area contributed by atoms with Crippen molar-refractivity contribution in [3.8, 4) is 0 Å². The van der Waals surface area contributed by atoms with E-state index >= 15 is 0 Å². The molecule has 0 aromatic rings. The minimum Gasteiger partial charge on any atom is -0.463 e. The fourth-order valence-electron chi connectivity index (χ4n) is 2.13. The van der Waals surface area contributed by atoms with Crippen LogP contribution in [0.1, 0.15) is 47.5 Å². The Morgan fingerprint density at radius 2 is 2.00 bits per heavy atom. The van der Waals surface area contributed by atoms with Gasteiger partial charge in [0.25, 0.3) is 6.47 Å². The number of hydrogen-bond donors (Lipinski definition) is 2. The van der Waals surface area contributed by atoms with Crippen LogP contribution in [0.3, 0.4) is 0 Å². The highest BCUT2D eigenvalue weighted by Crippen LogP contribution is 2.22. The topological polar surface area (TPSA) is 84.9 Å². The molecular weight excluding hydrogens is 286 g/mol. The molecule has 0 aromatic carbocycles. The van der Waals surface area contributed by atoms with Gasteiger partial charge in [0, 0.05) is 19.6 Å². The molecule has 1 saturated heterocycles. The molecule has 6 heteroatoms. The lowest BCUT2D eigenvalue weighted by molar-refractivity contribution is -0.149. The summed E-state index contributed by atoms with van der Waals surface area (Å²) in [5, 5.41) is 12.4. The summed E-state index contributed by atoms with van der Waals surface area (Å²) in [7, 11) is 0. The van der Waals surface area contributed by atoms with Crippen LogP contribution in [0, 0.1) is 11.8 Å². The molecule has 0 saturated carbocycles. The number of ether oxygens (including phenoxy) is 2. The van der Waals surface area contributed by atoms with Gasteiger partial charge in [0.2, 0.25) is 0 Å². The van der Waals surface area contributed by atoms with E-state index in [2.05, 4.69) is 10.1 Å². The van der Waals surface area contributed by atoms with Gasteiger partial charge in [-0.05, 0) is 59.4 Å². The Kier molecular flexibility index (Phi) is 10.0. The summed E-state index contributed by atoms with van der Waals surface area (Å²) in [6, 6.07) is 0. The highest BCUT2D eigenvalue weighted by molar-refractivity contribution is 5.69. The first-order valence-corrected chi connectivity index (χ1v) is 7.82. The third-order valence-corrected chi connectivity index (χ3v) is 3.20. The van der Waals surface area contributed by atoms with Crippen LogP contribution in [-0.2, 0) is 19.1 Å². The average molecular weight is 317 g/mol. The largest absolute Gasteiger partial charge is 0.463 e. The third kappa shape index (κ3) is 10.6. The van der Waals surface area contributed by atoms with E-state index in [0.717, 1.165) is 19.5 Å². The van der Waals surface area contributed by atoms with Gasteiger partial charge in [-0.3, -0.25) is 9.59 Å². The second kappa shape index (κ2) is 10.6. The summed E-state index contributed by atoms with van der Waals surface area (Å²) in [4.78, 5) is 21.1. The summed E-state index contributed by atoms with van der Waals surface area (Å²) in [5.74, 6) is 0.316. The minimum absolute atomic E-state index is 0.0493. The van der Waals surface area contributed by atoms with Crippen LogP contribution >= 0.6 is 0 Å². The molecule has 2 atom stereocenters. The molecule has 22 heavy (non-hydrogen) atoms. The number of carbonyl (C=O) groups is 2. The zero-order valence-electron chi connectivity index (χ0n) is 14.4. The molecule has 1 unspecified atom stereocenters. The van der Waals surface area contributed by atoms with E-state index in [1.807, 2.05) is 34.6 Å². The molecule has 1 aliphatic rings. The number of carbonyl (C=O) groups excluding carboxylic acids is 2. The predicted octanol–water partition coefficient (Wildman–Crippen LogP) is 1.50. The second-order valence-corrected chi connectivity index (χ2v) is 6.76. The van der Waals surface area contributed by atoms with E-state index in [1.54, 1.807) is 0 Å². The summed E-state index contributed by atoms with van der Waals surface area (Å²) < 4.78 is 9.65. The number of aliphatic hydroxyl groups excluding tert-OH is 1. The molecule has 2 N–H and O–H groups in total. The Morgan fingerprint density at radius 1 is 1.36 bits per heavy atom. The van der Waals surface area contributed by atoms with Crippen LogP contribution < -0.4 is 5.32 Å². The summed E-state index contributed by atoms with van der Waals surface area (Å²) in [5.41, 5.74) is -0.318. The standard InChI is InChI=1S/C11H21NO3.C5H10O2/c1-8(2)15-11(14)5-9-3-4-12-6-10(9)7-13;1-5(2,3)7-4-6/h8-10,12-13H,3-7H2,1-2H3;4H,1-3H3/t9-,10?;/m0./s1. The van der Waals surface area contributed by atoms with Crippen molar-refractivity contribution in [1.82, 2.24) is 5.32 Å². The molecule has 6 nitrogen and oxygen atoms in total. The van der Waals surface area contributed by atoms with E-state index in [1.165, 1.54) is 0 Å². The molecule has 130 valence electrons. The maximum Gasteiger partial charge on any atom is 0.306 e. The Bertz CT molecular complexity index is 325. The van der Waals surface area contributed by atoms with Crippen molar-refractivity contribution in [2.24, 2.45) is 11.8 Å². The Hall–Kier alpha value is -1.14. The van der Waals surface area contributed by atoms with E-state index in [-0.39, 0.29) is 36.1 Å². The molecular formula is C16H31NO5. The Morgan fingerprint density at radius 3 is 2.41 bits per heavy atom. The van der Waals surface area contributed by atoms with Crippen LogP contribution in [0.25, 0.3) is 0 Å². The Balaban J connectivity index is 0.000000534. The van der Waals surface area contributed by atoms with Gasteiger partial charge in [-0.15, -0.1) is 0 Å². The fourth-order valence-corrected chi connectivity index (χ4v) is 2.13. The lowest BCUT2D eigenvalue weighted by Crippen LogP contribution is -2.39. The van der Waals surface area contributed by atoms with Crippen molar-refractivity contribution in [3.05, 3.63) is 0 Å². The minimum atomic E-state index is -0.318. The highest BCUT2D eigenvalue weighted by Gasteiger charge is 2.27. The lowest BCUT2D eigenvalue weighted by atomic mass is 9.84. The monoisotopic (exact) mass is 317 g/mol. The first kappa shape index (κ1) is 20.9. The molecule has 1 heterocycles. The van der Waals surface area contributed by atoms with E-state index < -0.39 is 0 Å². The average Bonchev–Trinajstić information content (AvgIpc) is 2.37. The number of aliphatic hydroxyl groups is 1. The number of esters is 1. The predicted molar refractivity (Wildman–Crippen MR) is 84.3 cm³/mol. The molecule has 0 aromatic heterocycles. The number of hydrogen-bond acceptors (Lipinski definition) is 6. The van der Waals surface area contributed by atoms with Crippen molar-refractivity contribution in [1.29, 1.82) is 0 Å². The molecule has 1 fully saturated rings. The molecule has 1 rings (SSSR count). The SMILES string of the molecule is CC(C)(C)OC=O.CC(C)OC(=O)C[C@@H]1CCNCC1CO. The fraction of sp³-hybridized carbons (Fsp3) is 0.875. The molecule has 0 aliphatic carbocycles. The maximum absolute atomic E-state index is 11.5. The normalized spacial score (nSPS) is 21.6. The summed E-state index contributed by atoms with van der Waals surface area (Å²) >= 11 is 0. The van der Waals surface area contributed by atoms with Crippen LogP contribution in [-0.4, -0.2) is 48.9 Å². The van der Waals surface area contributed by atoms with Crippen molar-refractivity contribution < 1.29 is 24.2 Å². The van der Waals surface area contributed by atoms with Crippen LogP contribution in [0.15, 0.2) is 0 Å². The lowest BCUT2D eigenvalue weighted by Gasteiger charge is -2.30. The van der Waals surface area contributed by atoms with E-state index in [0.29, 0.717) is 12.9 Å². The molecule has 0 bridgehead atoms. The van der Waals surface area contributed by atoms with Crippen molar-refractivity contribution >= 4 is 12.4 Å². The van der Waals surface area contributed by atoms with Gasteiger partial charge in [0.15, 0.2) is 0 Å². The summed E-state index contributed by atoms with van der Waals surface area (Å²) in [6.45, 7) is 11.5. The smallest absolute Gasteiger partial charge is 0.306 e. The number of piperidine rings is 1. The number of nitrogens with one attached hydrogen (secondary N) is 1. The van der Waals surface area contributed by atoms with Gasteiger partial charge in [-0.2, -0.15) is 0 Å². The summed E-state index contributed by atoms with van der Waals surface area (Å²) in [6.07, 6.45) is 1.33. The van der Waals surface area contributed by atoms with Crippen LogP contribution in [0.2, 0.25) is 0 Å². The van der Waals surface area contributed by atoms with E-state index in [9.17, 15) is 9.59 Å². The van der Waals surface area contributed by atoms with Gasteiger partial charge >= 0.3 is 5.97 Å². The Labute approximate surface area is 133 Å². The first-order chi connectivity index (χ1) is 10.2. The van der Waals surface area contributed by atoms with Crippen molar-refractivity contribution in [2.75, 3.05) is 19.7 Å². The van der Waals surface area contributed by atoms with Gasteiger partial charge < -0.3 is 19.9 Å². The van der Waals surface area contributed by atoms with Gasteiger partial charge in [-0.1, -0.05) is 0 Å². The third-order valence-electron chi connectivity index (χ3n) is 3.20. The molecule has 0 amide bonds.